The second kappa shape index (κ2) is 8.60. The van der Waals surface area contributed by atoms with E-state index in [1.165, 1.54) is 0 Å². The van der Waals surface area contributed by atoms with Crippen LogP contribution in [0.1, 0.15) is 25.7 Å². The van der Waals surface area contributed by atoms with Gasteiger partial charge in [0.2, 0.25) is 0 Å². The summed E-state index contributed by atoms with van der Waals surface area (Å²) in [5, 5.41) is -5.72. The van der Waals surface area contributed by atoms with Crippen LogP contribution < -0.4 is 0 Å². The highest BCUT2D eigenvalue weighted by Gasteiger charge is 2.64. The molecule has 0 aliphatic heterocycles. The first-order valence-corrected chi connectivity index (χ1v) is 7.79. The van der Waals surface area contributed by atoms with Gasteiger partial charge in [0.25, 0.3) is 0 Å². The summed E-state index contributed by atoms with van der Waals surface area (Å²) in [6.45, 7) is 0. The molecule has 0 fully saturated rings. The van der Waals surface area contributed by atoms with Crippen LogP contribution in [-0.4, -0.2) is 35.3 Å². The zero-order valence-electron chi connectivity index (χ0n) is 12.0. The minimum Gasteiger partial charge on any atom is -0.281 e. The Morgan fingerprint density at radius 1 is 0.833 bits per heavy atom. The third kappa shape index (κ3) is 7.90. The van der Waals surface area contributed by atoms with Gasteiger partial charge in [-0.05, 0) is 25.0 Å². The van der Waals surface area contributed by atoms with Gasteiger partial charge in [0.1, 0.15) is 0 Å². The normalized spacial score (nSPS) is 13.2. The molecule has 4 nitrogen and oxygen atoms in total. The lowest BCUT2D eigenvalue weighted by Gasteiger charge is -2.23. The van der Waals surface area contributed by atoms with Crippen LogP contribution in [0.3, 0.4) is 0 Å². The van der Waals surface area contributed by atoms with Crippen LogP contribution in [0.4, 0.5) is 30.7 Å². The number of alkyl halides is 7. The van der Waals surface area contributed by atoms with E-state index in [9.17, 15) is 39.2 Å². The summed E-state index contributed by atoms with van der Waals surface area (Å²) in [4.78, 5) is 3.78. The molecule has 24 heavy (non-hydrogen) atoms. The van der Waals surface area contributed by atoms with E-state index in [0.717, 1.165) is 0 Å². The van der Waals surface area contributed by atoms with Gasteiger partial charge >= 0.3 is 27.5 Å². The van der Waals surface area contributed by atoms with Crippen molar-refractivity contribution in [2.75, 3.05) is 0 Å². The van der Waals surface area contributed by atoms with Gasteiger partial charge in [-0.2, -0.15) is 39.2 Å². The first-order chi connectivity index (χ1) is 10.7. The van der Waals surface area contributed by atoms with E-state index in [4.69, 9.17) is 4.55 Å². The highest BCUT2D eigenvalue weighted by atomic mass is 32.2. The lowest BCUT2D eigenvalue weighted by molar-refractivity contribution is -0.167. The number of rotatable bonds is 6. The Morgan fingerprint density at radius 3 is 1.58 bits per heavy atom. The van der Waals surface area contributed by atoms with Gasteiger partial charge in [-0.15, -0.1) is 0 Å². The Hall–Kier alpha value is -1.43. The second-order valence-electron chi connectivity index (χ2n) is 4.54. The van der Waals surface area contributed by atoms with Gasteiger partial charge in [0.05, 0.1) is 0 Å². The molecule has 0 atom stereocenters. The number of halogens is 7. The summed E-state index contributed by atoms with van der Waals surface area (Å²) in [6.07, 6.45) is -6.14. The topological polar surface area (TPSA) is 67.3 Å². The van der Waals surface area contributed by atoms with Crippen molar-refractivity contribution in [3.05, 3.63) is 30.6 Å². The van der Waals surface area contributed by atoms with Crippen LogP contribution in [0.25, 0.3) is 0 Å². The zero-order chi connectivity index (χ0) is 19.1. The Labute approximate surface area is 133 Å². The van der Waals surface area contributed by atoms with E-state index in [1.54, 1.807) is 12.4 Å². The van der Waals surface area contributed by atoms with Crippen LogP contribution >= 0.6 is 0 Å². The monoisotopic (exact) mass is 385 g/mol. The minimum absolute atomic E-state index is 0.847. The molecule has 1 aromatic heterocycles. The fourth-order valence-electron chi connectivity index (χ4n) is 1.32. The van der Waals surface area contributed by atoms with Crippen molar-refractivity contribution in [1.82, 2.24) is 4.98 Å². The number of pyridine rings is 1. The van der Waals surface area contributed by atoms with E-state index in [0.29, 0.717) is 0 Å². The molecule has 0 aromatic carbocycles. The van der Waals surface area contributed by atoms with Crippen molar-refractivity contribution in [2.45, 2.75) is 43.0 Å². The highest BCUT2D eigenvalue weighted by Crippen LogP contribution is 2.41. The van der Waals surface area contributed by atoms with E-state index in [-0.39, 0.29) is 0 Å². The predicted molar refractivity (Wildman–Crippen MR) is 70.2 cm³/mol. The van der Waals surface area contributed by atoms with Crippen molar-refractivity contribution < 1.29 is 43.7 Å². The van der Waals surface area contributed by atoms with Crippen molar-refractivity contribution in [3.8, 4) is 0 Å². The van der Waals surface area contributed by atoms with E-state index < -0.39 is 53.2 Å². The van der Waals surface area contributed by atoms with Crippen molar-refractivity contribution in [2.24, 2.45) is 0 Å². The standard InChI is InChI=1S/C7H9F7O3S.C5H5N/c8-5(9,7(13,14)18(15,16)17)3-1-2-4-6(10,11)12;1-2-4-6-5-3-1/h1-4H2,(H,15,16,17);1-5H. The molecule has 0 saturated carbocycles. The maximum Gasteiger partial charge on any atom is 0.431 e. The molecule has 0 spiro atoms. The molecule has 12 heteroatoms. The minimum atomic E-state index is -6.33. The van der Waals surface area contributed by atoms with Crippen molar-refractivity contribution in [1.29, 1.82) is 0 Å². The largest absolute Gasteiger partial charge is 0.431 e. The quantitative estimate of drug-likeness (QED) is 0.450. The molecule has 0 bridgehead atoms. The smallest absolute Gasteiger partial charge is 0.281 e. The molecule has 0 amide bonds. The predicted octanol–water partition coefficient (Wildman–Crippen LogP) is 4.31. The Morgan fingerprint density at radius 2 is 1.29 bits per heavy atom. The molecular formula is C12H14F7NO3S. The first kappa shape index (κ1) is 22.6. The maximum absolute atomic E-state index is 12.7. The molecule has 0 saturated heterocycles. The summed E-state index contributed by atoms with van der Waals surface area (Å²) in [7, 11) is -6.33. The Bertz CT molecular complexity index is 549. The average molecular weight is 385 g/mol. The number of aromatic nitrogens is 1. The third-order valence-corrected chi connectivity index (χ3v) is 3.46. The molecule has 0 radical (unpaired) electrons. The lowest BCUT2D eigenvalue weighted by atomic mass is 10.1. The summed E-state index contributed by atoms with van der Waals surface area (Å²) in [5.74, 6) is -5.13. The van der Waals surface area contributed by atoms with Crippen LogP contribution in [0.2, 0.25) is 0 Å². The highest BCUT2D eigenvalue weighted by molar-refractivity contribution is 7.87. The van der Waals surface area contributed by atoms with Crippen molar-refractivity contribution in [3.63, 3.8) is 0 Å². The summed E-state index contributed by atoms with van der Waals surface area (Å²) in [5.41, 5.74) is 0. The summed E-state index contributed by atoms with van der Waals surface area (Å²) in [6, 6.07) is 5.72. The molecular weight excluding hydrogens is 371 g/mol. The van der Waals surface area contributed by atoms with Crippen LogP contribution in [0, 0.1) is 0 Å². The summed E-state index contributed by atoms with van der Waals surface area (Å²) >= 11 is 0. The number of hydrogen-bond donors (Lipinski definition) is 1. The SMILES string of the molecule is O=S(=O)(O)C(F)(F)C(F)(F)CCCCC(F)(F)F.c1ccncc1. The molecule has 0 aliphatic carbocycles. The third-order valence-electron chi connectivity index (χ3n) is 2.52. The zero-order valence-corrected chi connectivity index (χ0v) is 12.8. The molecule has 1 rings (SSSR count). The van der Waals surface area contributed by atoms with Crippen molar-refractivity contribution >= 4 is 10.1 Å². The van der Waals surface area contributed by atoms with Gasteiger partial charge in [-0.1, -0.05) is 6.07 Å². The Balaban J connectivity index is 0.000000728. The maximum atomic E-state index is 12.7. The molecule has 1 heterocycles. The van der Waals surface area contributed by atoms with Gasteiger partial charge in [0, 0.05) is 25.2 Å². The summed E-state index contributed by atoms with van der Waals surface area (Å²) < 4.78 is 113. The van der Waals surface area contributed by atoms with Gasteiger partial charge in [-0.25, -0.2) is 0 Å². The number of unbranched alkanes of at least 4 members (excludes halogenated alkanes) is 1. The van der Waals surface area contributed by atoms with Gasteiger partial charge in [-0.3, -0.25) is 9.54 Å². The molecule has 1 N–H and O–H groups in total. The lowest BCUT2D eigenvalue weighted by Crippen LogP contribution is -2.46. The fraction of sp³-hybridized carbons (Fsp3) is 0.583. The molecule has 140 valence electrons. The molecule has 1 aromatic rings. The van der Waals surface area contributed by atoms with Gasteiger partial charge in [0.15, 0.2) is 0 Å². The van der Waals surface area contributed by atoms with Crippen LogP contribution in [-0.2, 0) is 10.1 Å². The van der Waals surface area contributed by atoms with E-state index in [2.05, 4.69) is 4.98 Å². The van der Waals surface area contributed by atoms with E-state index >= 15 is 0 Å². The van der Waals surface area contributed by atoms with Crippen LogP contribution in [0.15, 0.2) is 30.6 Å². The Kier molecular flexibility index (Phi) is 8.09. The van der Waals surface area contributed by atoms with Crippen LogP contribution in [0.5, 0.6) is 0 Å². The van der Waals surface area contributed by atoms with Gasteiger partial charge < -0.3 is 0 Å². The van der Waals surface area contributed by atoms with E-state index in [1.807, 2.05) is 18.2 Å². The second-order valence-corrected chi connectivity index (χ2v) is 6.01. The fourth-order valence-corrected chi connectivity index (χ4v) is 1.80. The molecule has 0 unspecified atom stereocenters. The number of nitrogens with zero attached hydrogens (tertiary/aromatic N) is 1. The number of hydrogen-bond acceptors (Lipinski definition) is 3. The average Bonchev–Trinajstić information content (AvgIpc) is 2.44. The molecule has 0 aliphatic rings. The first-order valence-electron chi connectivity index (χ1n) is 6.35.